The van der Waals surface area contributed by atoms with Gasteiger partial charge in [-0.1, -0.05) is 12.1 Å². The van der Waals surface area contributed by atoms with Gasteiger partial charge in [0.05, 0.1) is 6.26 Å². The highest BCUT2D eigenvalue weighted by atomic mass is 19.4. The number of ether oxygens (including phenoxy) is 2. The molecule has 0 unspecified atom stereocenters. The molecule has 0 amide bonds. The van der Waals surface area contributed by atoms with Crippen LogP contribution in [0, 0.1) is 0 Å². The average molecular weight is 301 g/mol. The fourth-order valence-corrected chi connectivity index (χ4v) is 1.73. The van der Waals surface area contributed by atoms with E-state index < -0.39 is 6.36 Å². The third-order valence-electron chi connectivity index (χ3n) is 2.53. The standard InChI is InChI=1S/C14H14F3NO3/c1-18-7-10-6-11(19-8-10)9-20-12-4-2-3-5-13(12)21-14(15,16)17/h2-6,8,18H,7,9H2,1H3. The van der Waals surface area contributed by atoms with Crippen LogP contribution in [0.25, 0.3) is 0 Å². The van der Waals surface area contributed by atoms with Crippen LogP contribution in [0.3, 0.4) is 0 Å². The summed E-state index contributed by atoms with van der Waals surface area (Å²) < 4.78 is 51.3. The van der Waals surface area contributed by atoms with Gasteiger partial charge < -0.3 is 19.2 Å². The van der Waals surface area contributed by atoms with Crippen LogP contribution in [0.2, 0.25) is 0 Å². The van der Waals surface area contributed by atoms with Crippen LogP contribution < -0.4 is 14.8 Å². The molecule has 4 nitrogen and oxygen atoms in total. The maximum atomic E-state index is 12.3. The Kier molecular flexibility index (Phi) is 4.74. The third-order valence-corrected chi connectivity index (χ3v) is 2.53. The number of nitrogens with one attached hydrogen (secondary N) is 1. The molecule has 1 heterocycles. The highest BCUT2D eigenvalue weighted by molar-refractivity contribution is 5.39. The quantitative estimate of drug-likeness (QED) is 0.887. The van der Waals surface area contributed by atoms with E-state index in [1.165, 1.54) is 18.2 Å². The lowest BCUT2D eigenvalue weighted by Gasteiger charge is -2.13. The van der Waals surface area contributed by atoms with Crippen molar-refractivity contribution in [2.45, 2.75) is 19.5 Å². The summed E-state index contributed by atoms with van der Waals surface area (Å²) in [6, 6.07) is 7.36. The Morgan fingerprint density at radius 1 is 1.19 bits per heavy atom. The molecule has 1 N–H and O–H groups in total. The number of para-hydroxylation sites is 2. The highest BCUT2D eigenvalue weighted by Gasteiger charge is 2.32. The molecule has 2 rings (SSSR count). The Hall–Kier alpha value is -2.15. The van der Waals surface area contributed by atoms with Crippen molar-refractivity contribution in [2.75, 3.05) is 7.05 Å². The number of hydrogen-bond acceptors (Lipinski definition) is 4. The molecule has 21 heavy (non-hydrogen) atoms. The van der Waals surface area contributed by atoms with Gasteiger partial charge >= 0.3 is 6.36 Å². The minimum absolute atomic E-state index is 0.00129. The first kappa shape index (κ1) is 15.2. The molecule has 2 aromatic rings. The molecule has 0 aliphatic carbocycles. The van der Waals surface area contributed by atoms with Gasteiger partial charge in [-0.2, -0.15) is 0 Å². The number of hydrogen-bond donors (Lipinski definition) is 1. The summed E-state index contributed by atoms with van der Waals surface area (Å²) >= 11 is 0. The zero-order valence-corrected chi connectivity index (χ0v) is 11.2. The first-order chi connectivity index (χ1) is 9.98. The fourth-order valence-electron chi connectivity index (χ4n) is 1.73. The zero-order chi connectivity index (χ0) is 15.3. The van der Waals surface area contributed by atoms with Crippen molar-refractivity contribution in [3.8, 4) is 11.5 Å². The Morgan fingerprint density at radius 2 is 1.90 bits per heavy atom. The van der Waals surface area contributed by atoms with Gasteiger partial charge in [-0.25, -0.2) is 0 Å². The predicted molar refractivity (Wildman–Crippen MR) is 68.9 cm³/mol. The van der Waals surface area contributed by atoms with Crippen molar-refractivity contribution in [3.63, 3.8) is 0 Å². The van der Waals surface area contributed by atoms with Gasteiger partial charge in [0.25, 0.3) is 0 Å². The molecule has 0 atom stereocenters. The maximum absolute atomic E-state index is 12.3. The molecule has 1 aromatic heterocycles. The molecule has 0 fully saturated rings. The van der Waals surface area contributed by atoms with Crippen LogP contribution >= 0.6 is 0 Å². The Morgan fingerprint density at radius 3 is 2.57 bits per heavy atom. The van der Waals surface area contributed by atoms with E-state index >= 15 is 0 Å². The summed E-state index contributed by atoms with van der Waals surface area (Å²) in [4.78, 5) is 0. The van der Waals surface area contributed by atoms with E-state index in [4.69, 9.17) is 9.15 Å². The second kappa shape index (κ2) is 6.53. The summed E-state index contributed by atoms with van der Waals surface area (Å²) in [6.45, 7) is 0.652. The molecule has 114 valence electrons. The van der Waals surface area contributed by atoms with E-state index in [0.29, 0.717) is 12.3 Å². The molecule has 0 aliphatic rings. The fraction of sp³-hybridized carbons (Fsp3) is 0.286. The van der Waals surface area contributed by atoms with E-state index in [9.17, 15) is 13.2 Å². The van der Waals surface area contributed by atoms with E-state index in [2.05, 4.69) is 10.1 Å². The van der Waals surface area contributed by atoms with Crippen LogP contribution in [0.1, 0.15) is 11.3 Å². The summed E-state index contributed by atoms with van der Waals surface area (Å²) in [5.74, 6) is 0.135. The minimum atomic E-state index is -4.76. The SMILES string of the molecule is CNCc1coc(COc2ccccc2OC(F)(F)F)c1. The molecule has 0 saturated heterocycles. The number of rotatable bonds is 6. The minimum Gasteiger partial charge on any atom is -0.482 e. The Balaban J connectivity index is 2.02. The van der Waals surface area contributed by atoms with Gasteiger partial charge in [0, 0.05) is 12.1 Å². The number of furan rings is 1. The highest BCUT2D eigenvalue weighted by Crippen LogP contribution is 2.32. The van der Waals surface area contributed by atoms with E-state index in [1.54, 1.807) is 25.4 Å². The molecular weight excluding hydrogens is 287 g/mol. The Bertz CT molecular complexity index is 581. The normalized spacial score (nSPS) is 11.4. The van der Waals surface area contributed by atoms with Crippen molar-refractivity contribution in [2.24, 2.45) is 0 Å². The third kappa shape index (κ3) is 4.71. The topological polar surface area (TPSA) is 43.6 Å². The smallest absolute Gasteiger partial charge is 0.482 e. The number of alkyl halides is 3. The molecule has 7 heteroatoms. The summed E-state index contributed by atoms with van der Waals surface area (Å²) in [6.07, 6.45) is -3.20. The monoisotopic (exact) mass is 301 g/mol. The van der Waals surface area contributed by atoms with E-state index in [-0.39, 0.29) is 18.1 Å². The lowest BCUT2D eigenvalue weighted by Crippen LogP contribution is -2.17. The molecule has 0 bridgehead atoms. The first-order valence-corrected chi connectivity index (χ1v) is 6.16. The number of halogens is 3. The lowest BCUT2D eigenvalue weighted by molar-refractivity contribution is -0.275. The van der Waals surface area contributed by atoms with Crippen LogP contribution in [-0.2, 0) is 13.2 Å². The van der Waals surface area contributed by atoms with Gasteiger partial charge in [-0.05, 0) is 25.2 Å². The first-order valence-electron chi connectivity index (χ1n) is 6.16. The van der Waals surface area contributed by atoms with E-state index in [1.807, 2.05) is 0 Å². The predicted octanol–water partition coefficient (Wildman–Crippen LogP) is 3.48. The van der Waals surface area contributed by atoms with Crippen molar-refractivity contribution in [3.05, 3.63) is 47.9 Å². The van der Waals surface area contributed by atoms with Gasteiger partial charge in [-0.15, -0.1) is 13.2 Å². The molecule has 1 aromatic carbocycles. The van der Waals surface area contributed by atoms with Crippen molar-refractivity contribution >= 4 is 0 Å². The van der Waals surface area contributed by atoms with Crippen molar-refractivity contribution < 1.29 is 27.1 Å². The van der Waals surface area contributed by atoms with Crippen molar-refractivity contribution in [1.82, 2.24) is 5.32 Å². The largest absolute Gasteiger partial charge is 0.573 e. The van der Waals surface area contributed by atoms with Gasteiger partial charge in [0.15, 0.2) is 11.5 Å². The molecule has 0 radical (unpaired) electrons. The van der Waals surface area contributed by atoms with Gasteiger partial charge in [0.1, 0.15) is 12.4 Å². The van der Waals surface area contributed by atoms with Crippen LogP contribution in [0.15, 0.2) is 41.0 Å². The maximum Gasteiger partial charge on any atom is 0.573 e. The molecular formula is C14H14F3NO3. The second-order valence-electron chi connectivity index (χ2n) is 4.23. The van der Waals surface area contributed by atoms with Gasteiger partial charge in [0.2, 0.25) is 0 Å². The number of benzene rings is 1. The summed E-state index contributed by atoms with van der Waals surface area (Å²) in [5.41, 5.74) is 0.927. The van der Waals surface area contributed by atoms with Crippen molar-refractivity contribution in [1.29, 1.82) is 0 Å². The Labute approximate surface area is 119 Å². The van der Waals surface area contributed by atoms with E-state index in [0.717, 1.165) is 5.56 Å². The van der Waals surface area contributed by atoms with Crippen LogP contribution in [0.5, 0.6) is 11.5 Å². The second-order valence-corrected chi connectivity index (χ2v) is 4.23. The lowest BCUT2D eigenvalue weighted by atomic mass is 10.3. The van der Waals surface area contributed by atoms with Crippen LogP contribution in [0.4, 0.5) is 13.2 Å². The molecule has 0 spiro atoms. The van der Waals surface area contributed by atoms with Gasteiger partial charge in [-0.3, -0.25) is 0 Å². The molecule has 0 aliphatic heterocycles. The molecule has 0 saturated carbocycles. The average Bonchev–Trinajstić information content (AvgIpc) is 2.84. The zero-order valence-electron chi connectivity index (χ0n) is 11.2. The van der Waals surface area contributed by atoms with Crippen LogP contribution in [-0.4, -0.2) is 13.4 Å². The summed E-state index contributed by atoms with van der Waals surface area (Å²) in [7, 11) is 1.80. The summed E-state index contributed by atoms with van der Waals surface area (Å²) in [5, 5.41) is 2.96.